The zero-order valence-electron chi connectivity index (χ0n) is 14.1. The van der Waals surface area contributed by atoms with Crippen molar-refractivity contribution < 1.29 is 9.39 Å². The molecule has 0 aromatic heterocycles. The Balaban J connectivity index is 1.92. The molecule has 1 amide bonds. The molecule has 0 saturated heterocycles. The molecular weight excluding hydrogens is 286 g/mol. The molecule has 0 spiro atoms. The largest absolute Gasteiger partial charge is 0.321 e. The van der Waals surface area contributed by atoms with Gasteiger partial charge in [-0.3, -0.25) is 4.79 Å². The highest BCUT2D eigenvalue weighted by molar-refractivity contribution is 5.91. The van der Waals surface area contributed by atoms with Crippen LogP contribution in [0.3, 0.4) is 0 Å². The molecular formula is C19H26N3O+. The molecule has 122 valence electrons. The Bertz CT molecular complexity index is 633. The predicted molar refractivity (Wildman–Crippen MR) is 94.5 cm³/mol. The van der Waals surface area contributed by atoms with E-state index in [2.05, 4.69) is 19.2 Å². The van der Waals surface area contributed by atoms with E-state index in [0.717, 1.165) is 11.3 Å². The van der Waals surface area contributed by atoms with Crippen LogP contribution in [0.25, 0.3) is 0 Å². The maximum atomic E-state index is 12.2. The van der Waals surface area contributed by atoms with Gasteiger partial charge in [0.2, 0.25) is 0 Å². The summed E-state index contributed by atoms with van der Waals surface area (Å²) in [5.41, 5.74) is 3.18. The lowest BCUT2D eigenvalue weighted by Crippen LogP contribution is -2.54. The van der Waals surface area contributed by atoms with Crippen molar-refractivity contribution in [1.82, 2.24) is 0 Å². The Morgan fingerprint density at radius 2 is 1.70 bits per heavy atom. The van der Waals surface area contributed by atoms with Gasteiger partial charge in [0.25, 0.3) is 5.91 Å². The van der Waals surface area contributed by atoms with Gasteiger partial charge in [-0.05, 0) is 23.6 Å². The number of nitrogens with two attached hydrogens (primary N) is 1. The first-order valence-corrected chi connectivity index (χ1v) is 7.92. The fourth-order valence-electron chi connectivity index (χ4n) is 2.54. The maximum absolute atomic E-state index is 12.2. The molecule has 4 heteroatoms. The number of anilines is 1. The molecule has 23 heavy (non-hydrogen) atoms. The van der Waals surface area contributed by atoms with E-state index in [0.29, 0.717) is 12.5 Å². The summed E-state index contributed by atoms with van der Waals surface area (Å²) < 4.78 is 0.125. The summed E-state index contributed by atoms with van der Waals surface area (Å²) in [6.07, 6.45) is 0. The minimum absolute atomic E-state index is 0.0803. The number of hydrogen-bond donors (Lipinski definition) is 2. The second-order valence-corrected chi connectivity index (χ2v) is 6.61. The van der Waals surface area contributed by atoms with Crippen LogP contribution in [0.4, 0.5) is 5.69 Å². The fourth-order valence-corrected chi connectivity index (χ4v) is 2.54. The Labute approximate surface area is 138 Å². The first-order valence-electron chi connectivity index (χ1n) is 7.92. The lowest BCUT2D eigenvalue weighted by molar-refractivity contribution is -0.926. The summed E-state index contributed by atoms with van der Waals surface area (Å²) in [7, 11) is 1.86. The van der Waals surface area contributed by atoms with Gasteiger partial charge in [0.1, 0.15) is 6.54 Å². The molecule has 0 aliphatic carbocycles. The molecule has 0 aliphatic rings. The van der Waals surface area contributed by atoms with Crippen molar-refractivity contribution >= 4 is 11.6 Å². The van der Waals surface area contributed by atoms with Crippen LogP contribution in [0.2, 0.25) is 0 Å². The highest BCUT2D eigenvalue weighted by Gasteiger charge is 2.22. The van der Waals surface area contributed by atoms with Gasteiger partial charge < -0.3 is 5.32 Å². The van der Waals surface area contributed by atoms with Crippen molar-refractivity contribution in [3.8, 4) is 0 Å². The zero-order valence-corrected chi connectivity index (χ0v) is 14.1. The summed E-state index contributed by atoms with van der Waals surface area (Å²) in [5.74, 6) is 6.64. The number of amides is 1. The molecule has 0 aliphatic heterocycles. The molecule has 3 N–H and O–H groups in total. The van der Waals surface area contributed by atoms with Crippen LogP contribution < -0.4 is 11.2 Å². The summed E-state index contributed by atoms with van der Waals surface area (Å²) in [6, 6.07) is 17.9. The molecule has 0 heterocycles. The minimum Gasteiger partial charge on any atom is -0.321 e. The number of quaternary nitrogens is 1. The van der Waals surface area contributed by atoms with E-state index in [9.17, 15) is 4.79 Å². The summed E-state index contributed by atoms with van der Waals surface area (Å²) in [5, 5.41) is 2.92. The van der Waals surface area contributed by atoms with Crippen molar-refractivity contribution in [1.29, 1.82) is 0 Å². The monoisotopic (exact) mass is 312 g/mol. The van der Waals surface area contributed by atoms with Crippen LogP contribution in [0, 0.1) is 0 Å². The molecule has 0 fully saturated rings. The van der Waals surface area contributed by atoms with Crippen LogP contribution in [0.15, 0.2) is 54.6 Å². The normalized spacial score (nSPS) is 13.6. The first-order chi connectivity index (χ1) is 10.9. The van der Waals surface area contributed by atoms with Gasteiger partial charge in [0.15, 0.2) is 6.54 Å². The van der Waals surface area contributed by atoms with E-state index in [1.165, 1.54) is 5.56 Å². The first kappa shape index (κ1) is 17.2. The van der Waals surface area contributed by atoms with Gasteiger partial charge in [-0.2, -0.15) is 5.84 Å². The van der Waals surface area contributed by atoms with Crippen molar-refractivity contribution in [2.45, 2.75) is 26.3 Å². The van der Waals surface area contributed by atoms with Crippen LogP contribution in [-0.4, -0.2) is 24.1 Å². The summed E-state index contributed by atoms with van der Waals surface area (Å²) >= 11 is 0. The third-order valence-electron chi connectivity index (χ3n) is 3.75. The highest BCUT2D eigenvalue weighted by atomic mass is 16.2. The van der Waals surface area contributed by atoms with Crippen LogP contribution in [0.1, 0.15) is 30.9 Å². The van der Waals surface area contributed by atoms with Gasteiger partial charge in [-0.15, -0.1) is 0 Å². The third kappa shape index (κ3) is 5.51. The van der Waals surface area contributed by atoms with Gasteiger partial charge >= 0.3 is 0 Å². The van der Waals surface area contributed by atoms with Crippen molar-refractivity contribution in [3.05, 3.63) is 65.7 Å². The lowest BCUT2D eigenvalue weighted by atomic mass is 10.0. The van der Waals surface area contributed by atoms with Gasteiger partial charge in [0, 0.05) is 11.3 Å². The number of nitrogens with one attached hydrogen (secondary N) is 1. The summed E-state index contributed by atoms with van der Waals surface area (Å²) in [6.45, 7) is 5.13. The van der Waals surface area contributed by atoms with Gasteiger partial charge in [-0.25, -0.2) is 4.59 Å². The Morgan fingerprint density at radius 3 is 2.26 bits per heavy atom. The molecule has 4 nitrogen and oxygen atoms in total. The van der Waals surface area contributed by atoms with Gasteiger partial charge in [-0.1, -0.05) is 56.3 Å². The molecule has 0 radical (unpaired) electrons. The van der Waals surface area contributed by atoms with Crippen molar-refractivity contribution in [2.24, 2.45) is 5.84 Å². The van der Waals surface area contributed by atoms with Crippen LogP contribution in [-0.2, 0) is 11.3 Å². The number of benzene rings is 2. The lowest BCUT2D eigenvalue weighted by Gasteiger charge is -2.27. The highest BCUT2D eigenvalue weighted by Crippen LogP contribution is 2.17. The van der Waals surface area contributed by atoms with Crippen LogP contribution in [0.5, 0.6) is 0 Å². The van der Waals surface area contributed by atoms with E-state index in [1.807, 2.05) is 61.6 Å². The van der Waals surface area contributed by atoms with E-state index in [1.54, 1.807) is 0 Å². The fraction of sp³-hybridized carbons (Fsp3) is 0.316. The Kier molecular flexibility index (Phi) is 5.53. The second kappa shape index (κ2) is 7.40. The Morgan fingerprint density at radius 1 is 1.09 bits per heavy atom. The predicted octanol–water partition coefficient (Wildman–Crippen LogP) is 3.27. The zero-order chi connectivity index (χ0) is 16.9. The SMILES string of the molecule is CC(C)c1ccc(NC(=O)C[N@@+](C)(N)Cc2ccccc2)cc1. The molecule has 0 unspecified atom stereocenters. The quantitative estimate of drug-likeness (QED) is 0.488. The standard InChI is InChI=1S/C19H25N3O/c1-15(2)17-9-11-18(12-10-17)21-19(23)14-22(3,20)13-16-7-5-4-6-8-16/h4-12,15H,13-14,20H2,1-3H3/p+1/t22-/m0/s1. The average molecular weight is 312 g/mol. The third-order valence-corrected chi connectivity index (χ3v) is 3.75. The molecule has 1 atom stereocenters. The Hall–Kier alpha value is -2.17. The van der Waals surface area contributed by atoms with E-state index >= 15 is 0 Å². The van der Waals surface area contributed by atoms with E-state index in [-0.39, 0.29) is 17.0 Å². The molecule has 2 rings (SSSR count). The average Bonchev–Trinajstić information content (AvgIpc) is 2.47. The van der Waals surface area contributed by atoms with Crippen molar-refractivity contribution in [2.75, 3.05) is 18.9 Å². The second-order valence-electron chi connectivity index (χ2n) is 6.61. The van der Waals surface area contributed by atoms with Crippen LogP contribution >= 0.6 is 0 Å². The number of likely N-dealkylation sites (N-methyl/N-ethyl adjacent to an activating group) is 1. The van der Waals surface area contributed by atoms with Gasteiger partial charge in [0.05, 0.1) is 7.05 Å². The number of nitrogens with zero attached hydrogens (tertiary/aromatic N) is 1. The number of carbonyl (C=O) groups is 1. The number of rotatable bonds is 6. The smallest absolute Gasteiger partial charge is 0.281 e. The molecule has 2 aromatic rings. The minimum atomic E-state index is -0.0803. The van der Waals surface area contributed by atoms with Crippen molar-refractivity contribution in [3.63, 3.8) is 0 Å². The topological polar surface area (TPSA) is 55.1 Å². The van der Waals surface area contributed by atoms with E-state index in [4.69, 9.17) is 5.84 Å². The number of carbonyl (C=O) groups excluding carboxylic acids is 1. The summed E-state index contributed by atoms with van der Waals surface area (Å²) in [4.78, 5) is 12.2. The number of hydrogen-bond acceptors (Lipinski definition) is 2. The molecule has 0 bridgehead atoms. The maximum Gasteiger partial charge on any atom is 0.281 e. The van der Waals surface area contributed by atoms with E-state index < -0.39 is 0 Å². The molecule has 2 aromatic carbocycles. The molecule has 0 saturated carbocycles.